The van der Waals surface area contributed by atoms with Crippen LogP contribution < -0.4 is 5.32 Å². The topological polar surface area (TPSA) is 56.1 Å². The van der Waals surface area contributed by atoms with Crippen molar-refractivity contribution in [2.75, 3.05) is 13.1 Å². The molecule has 0 atom stereocenters. The van der Waals surface area contributed by atoms with Crippen molar-refractivity contribution in [3.8, 4) is 6.07 Å². The smallest absolute Gasteiger partial charge is 0.252 e. The summed E-state index contributed by atoms with van der Waals surface area (Å²) in [6, 6.07) is 31.9. The van der Waals surface area contributed by atoms with Gasteiger partial charge in [-0.25, -0.2) is 0 Å². The van der Waals surface area contributed by atoms with Gasteiger partial charge in [0.25, 0.3) is 5.91 Å². The molecule has 0 aliphatic carbocycles. The molecular weight excluding hydrogens is 346 g/mol. The number of likely N-dealkylation sites (tertiary alicyclic amines) is 1. The lowest BCUT2D eigenvalue weighted by molar-refractivity contribution is 0.0455. The fourth-order valence-electron chi connectivity index (χ4n) is 3.77. The number of amides is 1. The SMILES string of the molecule is N#CC1(NC(=O)c2ccccc2)CN(C(c2ccccc2)c2ccccc2)C1. The summed E-state index contributed by atoms with van der Waals surface area (Å²) in [7, 11) is 0. The first-order valence-corrected chi connectivity index (χ1v) is 9.33. The minimum atomic E-state index is -0.866. The van der Waals surface area contributed by atoms with Crippen molar-refractivity contribution in [2.24, 2.45) is 0 Å². The van der Waals surface area contributed by atoms with Crippen LogP contribution in [-0.4, -0.2) is 29.4 Å². The summed E-state index contributed by atoms with van der Waals surface area (Å²) in [5.41, 5.74) is 2.05. The zero-order chi connectivity index (χ0) is 19.4. The highest BCUT2D eigenvalue weighted by Gasteiger charge is 2.47. The Kier molecular flexibility index (Phi) is 4.92. The highest BCUT2D eigenvalue weighted by Crippen LogP contribution is 2.35. The molecule has 4 nitrogen and oxygen atoms in total. The lowest BCUT2D eigenvalue weighted by Crippen LogP contribution is -2.70. The Morgan fingerprint density at radius 2 is 1.32 bits per heavy atom. The molecule has 0 aromatic heterocycles. The molecule has 1 N–H and O–H groups in total. The Balaban J connectivity index is 1.55. The molecule has 1 fully saturated rings. The van der Waals surface area contributed by atoms with Gasteiger partial charge in [-0.15, -0.1) is 0 Å². The van der Waals surface area contributed by atoms with E-state index in [2.05, 4.69) is 40.6 Å². The molecule has 1 heterocycles. The third kappa shape index (κ3) is 3.53. The number of carbonyl (C=O) groups is 1. The van der Waals surface area contributed by atoms with Crippen LogP contribution in [0, 0.1) is 11.3 Å². The van der Waals surface area contributed by atoms with E-state index in [1.165, 1.54) is 11.1 Å². The third-order valence-electron chi connectivity index (χ3n) is 5.14. The fraction of sp³-hybridized carbons (Fsp3) is 0.167. The second-order valence-corrected chi connectivity index (χ2v) is 7.14. The number of benzene rings is 3. The number of rotatable bonds is 5. The largest absolute Gasteiger partial charge is 0.332 e. The van der Waals surface area contributed by atoms with Crippen LogP contribution in [0.4, 0.5) is 0 Å². The molecule has 28 heavy (non-hydrogen) atoms. The number of carbonyl (C=O) groups excluding carboxylic acids is 1. The van der Waals surface area contributed by atoms with Crippen LogP contribution in [0.15, 0.2) is 91.0 Å². The number of hydrogen-bond acceptors (Lipinski definition) is 3. The van der Waals surface area contributed by atoms with Gasteiger partial charge in [0.2, 0.25) is 0 Å². The summed E-state index contributed by atoms with van der Waals surface area (Å²) >= 11 is 0. The maximum Gasteiger partial charge on any atom is 0.252 e. The Bertz CT molecular complexity index is 935. The van der Waals surface area contributed by atoms with Gasteiger partial charge in [-0.3, -0.25) is 9.69 Å². The Labute approximate surface area is 165 Å². The van der Waals surface area contributed by atoms with Gasteiger partial charge < -0.3 is 5.32 Å². The van der Waals surface area contributed by atoms with Gasteiger partial charge in [-0.05, 0) is 23.3 Å². The monoisotopic (exact) mass is 367 g/mol. The normalized spacial score (nSPS) is 15.4. The molecule has 3 aromatic rings. The van der Waals surface area contributed by atoms with Gasteiger partial charge in [-0.2, -0.15) is 5.26 Å². The van der Waals surface area contributed by atoms with Crippen LogP contribution in [0.3, 0.4) is 0 Å². The molecule has 3 aromatic carbocycles. The standard InChI is InChI=1S/C24H21N3O/c25-16-24(26-23(28)21-14-8-3-9-15-21)17-27(18-24)22(19-10-4-1-5-11-19)20-12-6-2-7-13-20/h1-15,22H,17-18H2,(H,26,28). The maximum absolute atomic E-state index is 12.5. The minimum Gasteiger partial charge on any atom is -0.332 e. The predicted octanol–water partition coefficient (Wildman–Crippen LogP) is 3.78. The molecule has 0 bridgehead atoms. The Hall–Kier alpha value is -3.42. The van der Waals surface area contributed by atoms with Crippen LogP contribution in [-0.2, 0) is 0 Å². The molecule has 1 aliphatic rings. The summed E-state index contributed by atoms with van der Waals surface area (Å²) in [6.07, 6.45) is 0. The highest BCUT2D eigenvalue weighted by atomic mass is 16.1. The van der Waals surface area contributed by atoms with Crippen LogP contribution in [0.2, 0.25) is 0 Å². The minimum absolute atomic E-state index is 0.0532. The summed E-state index contributed by atoms with van der Waals surface area (Å²) in [6.45, 7) is 0.965. The van der Waals surface area contributed by atoms with E-state index in [4.69, 9.17) is 0 Å². The number of nitrogens with one attached hydrogen (secondary N) is 1. The number of nitriles is 1. The quantitative estimate of drug-likeness (QED) is 0.747. The van der Waals surface area contributed by atoms with Crippen LogP contribution >= 0.6 is 0 Å². The van der Waals surface area contributed by atoms with Crippen molar-refractivity contribution in [3.63, 3.8) is 0 Å². The van der Waals surface area contributed by atoms with Crippen LogP contribution in [0.25, 0.3) is 0 Å². The molecule has 1 saturated heterocycles. The molecule has 4 rings (SSSR count). The van der Waals surface area contributed by atoms with Gasteiger partial charge in [0.15, 0.2) is 5.54 Å². The molecular formula is C24H21N3O. The van der Waals surface area contributed by atoms with Crippen LogP contribution in [0.5, 0.6) is 0 Å². The van der Waals surface area contributed by atoms with Crippen molar-refractivity contribution >= 4 is 5.91 Å². The summed E-state index contributed by atoms with van der Waals surface area (Å²) in [5, 5.41) is 12.7. The molecule has 0 spiro atoms. The van der Waals surface area contributed by atoms with Crippen molar-refractivity contribution in [3.05, 3.63) is 108 Å². The summed E-state index contributed by atoms with van der Waals surface area (Å²) in [4.78, 5) is 14.8. The van der Waals surface area contributed by atoms with Gasteiger partial charge in [0.05, 0.1) is 12.1 Å². The molecule has 1 amide bonds. The lowest BCUT2D eigenvalue weighted by Gasteiger charge is -2.49. The third-order valence-corrected chi connectivity index (χ3v) is 5.14. The average Bonchev–Trinajstić information content (AvgIpc) is 2.74. The summed E-state index contributed by atoms with van der Waals surface area (Å²) < 4.78 is 0. The predicted molar refractivity (Wildman–Crippen MR) is 109 cm³/mol. The Morgan fingerprint density at radius 3 is 1.79 bits per heavy atom. The molecule has 4 heteroatoms. The number of hydrogen-bond donors (Lipinski definition) is 1. The van der Waals surface area contributed by atoms with E-state index < -0.39 is 5.54 Å². The molecule has 138 valence electrons. The molecule has 0 unspecified atom stereocenters. The summed E-state index contributed by atoms with van der Waals surface area (Å²) in [5.74, 6) is -0.210. The van der Waals surface area contributed by atoms with Gasteiger partial charge in [0, 0.05) is 18.7 Å². The second-order valence-electron chi connectivity index (χ2n) is 7.14. The van der Waals surface area contributed by atoms with E-state index in [9.17, 15) is 10.1 Å². The van der Waals surface area contributed by atoms with Crippen molar-refractivity contribution in [2.45, 2.75) is 11.6 Å². The van der Waals surface area contributed by atoms with Gasteiger partial charge >= 0.3 is 0 Å². The zero-order valence-corrected chi connectivity index (χ0v) is 15.5. The Morgan fingerprint density at radius 1 is 0.857 bits per heavy atom. The maximum atomic E-state index is 12.5. The van der Waals surface area contributed by atoms with E-state index in [-0.39, 0.29) is 11.9 Å². The van der Waals surface area contributed by atoms with Gasteiger partial charge in [0.1, 0.15) is 0 Å². The van der Waals surface area contributed by atoms with E-state index in [1.807, 2.05) is 54.6 Å². The molecule has 1 aliphatic heterocycles. The van der Waals surface area contributed by atoms with Crippen molar-refractivity contribution in [1.82, 2.24) is 10.2 Å². The van der Waals surface area contributed by atoms with Crippen molar-refractivity contribution in [1.29, 1.82) is 5.26 Å². The molecule has 0 saturated carbocycles. The zero-order valence-electron chi connectivity index (χ0n) is 15.5. The van der Waals surface area contributed by atoms with E-state index in [1.54, 1.807) is 12.1 Å². The second kappa shape index (κ2) is 7.67. The lowest BCUT2D eigenvalue weighted by atomic mass is 9.85. The van der Waals surface area contributed by atoms with Crippen LogP contribution in [0.1, 0.15) is 27.5 Å². The van der Waals surface area contributed by atoms with E-state index in [0.717, 1.165) is 0 Å². The fourth-order valence-corrected chi connectivity index (χ4v) is 3.77. The first-order chi connectivity index (χ1) is 13.7. The number of nitrogens with zero attached hydrogens (tertiary/aromatic N) is 2. The van der Waals surface area contributed by atoms with Crippen molar-refractivity contribution < 1.29 is 4.79 Å². The molecule has 0 radical (unpaired) electrons. The van der Waals surface area contributed by atoms with E-state index in [0.29, 0.717) is 18.7 Å². The first-order valence-electron chi connectivity index (χ1n) is 9.33. The highest BCUT2D eigenvalue weighted by molar-refractivity contribution is 5.95. The first kappa shape index (κ1) is 18.0. The average molecular weight is 367 g/mol. The van der Waals surface area contributed by atoms with Gasteiger partial charge in [-0.1, -0.05) is 78.9 Å². The van der Waals surface area contributed by atoms with E-state index >= 15 is 0 Å².